The van der Waals surface area contributed by atoms with E-state index in [9.17, 15) is 9.59 Å². The van der Waals surface area contributed by atoms with E-state index in [2.05, 4.69) is 0 Å². The number of carboxylic acid groups (broad SMARTS) is 2. The van der Waals surface area contributed by atoms with Crippen LogP contribution in [0.25, 0.3) is 0 Å². The first-order chi connectivity index (χ1) is 8.58. The predicted octanol–water partition coefficient (Wildman–Crippen LogP) is 2.92. The summed E-state index contributed by atoms with van der Waals surface area (Å²) in [5.74, 6) is -1.01. The summed E-state index contributed by atoms with van der Waals surface area (Å²) in [6.07, 6.45) is 0.834. The third-order valence-corrected chi connectivity index (χ3v) is 4.49. The normalized spacial score (nSPS) is 10.2. The van der Waals surface area contributed by atoms with Gasteiger partial charge in [0.1, 0.15) is 0 Å². The Hall–Kier alpha value is -1.14. The molecule has 0 spiro atoms. The zero-order chi connectivity index (χ0) is 13.4. The van der Waals surface area contributed by atoms with Crippen molar-refractivity contribution in [2.75, 3.05) is 5.75 Å². The zero-order valence-electron chi connectivity index (χ0n) is 9.67. The van der Waals surface area contributed by atoms with Crippen LogP contribution in [0.5, 0.6) is 0 Å². The Morgan fingerprint density at radius 1 is 1.00 bits per heavy atom. The van der Waals surface area contributed by atoms with E-state index in [1.165, 1.54) is 21.6 Å². The Bertz CT molecular complexity index is 403. The van der Waals surface area contributed by atoms with Crippen LogP contribution in [0, 0.1) is 0 Å². The van der Waals surface area contributed by atoms with Gasteiger partial charge in [0.2, 0.25) is 0 Å². The minimum atomic E-state index is -0.794. The summed E-state index contributed by atoms with van der Waals surface area (Å²) >= 11 is 0. The molecule has 0 atom stereocenters. The highest BCUT2D eigenvalue weighted by Gasteiger charge is 2.01. The van der Waals surface area contributed by atoms with Crippen LogP contribution in [-0.2, 0) is 16.0 Å². The van der Waals surface area contributed by atoms with Gasteiger partial charge in [0.05, 0.1) is 6.42 Å². The molecule has 0 unspecified atom stereocenters. The van der Waals surface area contributed by atoms with Crippen molar-refractivity contribution in [2.24, 2.45) is 0 Å². The molecule has 0 saturated carbocycles. The van der Waals surface area contributed by atoms with Gasteiger partial charge in [-0.25, -0.2) is 0 Å². The fourth-order valence-electron chi connectivity index (χ4n) is 1.20. The van der Waals surface area contributed by atoms with Crippen molar-refractivity contribution in [3.05, 3.63) is 29.8 Å². The van der Waals surface area contributed by atoms with E-state index < -0.39 is 11.9 Å². The first-order valence-corrected chi connectivity index (χ1v) is 7.72. The number of hydrogen-bond donors (Lipinski definition) is 2. The lowest BCUT2D eigenvalue weighted by atomic mass is 10.1. The Morgan fingerprint density at radius 3 is 2.17 bits per heavy atom. The molecule has 0 fully saturated rings. The second-order valence-corrected chi connectivity index (χ2v) is 6.08. The van der Waals surface area contributed by atoms with Gasteiger partial charge in [0.15, 0.2) is 0 Å². The standard InChI is InChI=1S/C12H14O4S2/c13-11(14)6-3-9-1-4-10(5-2-9)18-17-8-7-12(15)16/h1-2,4-5H,3,6-8H2,(H,13,14)(H,15,16). The number of aryl methyl sites for hydroxylation is 1. The van der Waals surface area contributed by atoms with Crippen molar-refractivity contribution in [3.63, 3.8) is 0 Å². The third kappa shape index (κ3) is 6.56. The summed E-state index contributed by atoms with van der Waals surface area (Å²) in [7, 11) is 3.03. The van der Waals surface area contributed by atoms with Gasteiger partial charge in [-0.2, -0.15) is 0 Å². The summed E-state index contributed by atoms with van der Waals surface area (Å²) < 4.78 is 0. The summed E-state index contributed by atoms with van der Waals surface area (Å²) in [6.45, 7) is 0. The first kappa shape index (κ1) is 14.9. The molecule has 2 N–H and O–H groups in total. The summed E-state index contributed by atoms with van der Waals surface area (Å²) in [6, 6.07) is 7.66. The van der Waals surface area contributed by atoms with Crippen LogP contribution >= 0.6 is 21.6 Å². The van der Waals surface area contributed by atoms with Crippen LogP contribution < -0.4 is 0 Å². The quantitative estimate of drug-likeness (QED) is 0.565. The highest BCUT2D eigenvalue weighted by molar-refractivity contribution is 8.76. The van der Waals surface area contributed by atoms with Gasteiger partial charge >= 0.3 is 11.9 Å². The Kier molecular flexibility index (Phi) is 6.67. The highest BCUT2D eigenvalue weighted by atomic mass is 33.1. The first-order valence-electron chi connectivity index (χ1n) is 5.40. The molecule has 0 radical (unpaired) electrons. The monoisotopic (exact) mass is 286 g/mol. The summed E-state index contributed by atoms with van der Waals surface area (Å²) in [5, 5.41) is 17.0. The molecule has 0 saturated heterocycles. The molecule has 1 aromatic carbocycles. The predicted molar refractivity (Wildman–Crippen MR) is 73.0 cm³/mol. The van der Waals surface area contributed by atoms with Crippen molar-refractivity contribution >= 4 is 33.5 Å². The van der Waals surface area contributed by atoms with Crippen LogP contribution in [0.3, 0.4) is 0 Å². The van der Waals surface area contributed by atoms with E-state index in [-0.39, 0.29) is 12.8 Å². The van der Waals surface area contributed by atoms with Crippen LogP contribution in [0.4, 0.5) is 0 Å². The average Bonchev–Trinajstić information content (AvgIpc) is 2.33. The van der Waals surface area contributed by atoms with Crippen molar-refractivity contribution in [1.82, 2.24) is 0 Å². The van der Waals surface area contributed by atoms with Crippen molar-refractivity contribution < 1.29 is 19.8 Å². The molecule has 0 amide bonds. The van der Waals surface area contributed by atoms with E-state index in [4.69, 9.17) is 10.2 Å². The lowest BCUT2D eigenvalue weighted by Crippen LogP contribution is -1.97. The molecule has 98 valence electrons. The molecule has 18 heavy (non-hydrogen) atoms. The van der Waals surface area contributed by atoms with E-state index in [1.54, 1.807) is 0 Å². The van der Waals surface area contributed by atoms with E-state index in [1.807, 2.05) is 24.3 Å². The third-order valence-electron chi connectivity index (χ3n) is 2.11. The van der Waals surface area contributed by atoms with Crippen molar-refractivity contribution in [2.45, 2.75) is 24.2 Å². The largest absolute Gasteiger partial charge is 0.481 e. The molecular weight excluding hydrogens is 272 g/mol. The van der Waals surface area contributed by atoms with Gasteiger partial charge in [-0.15, -0.1) is 0 Å². The lowest BCUT2D eigenvalue weighted by Gasteiger charge is -2.02. The topological polar surface area (TPSA) is 74.6 Å². The molecule has 0 aliphatic rings. The molecule has 1 rings (SSSR count). The number of benzene rings is 1. The molecule has 0 bridgehead atoms. The Labute approximate surface area is 113 Å². The number of carboxylic acids is 2. The number of aliphatic carboxylic acids is 2. The van der Waals surface area contributed by atoms with Crippen molar-refractivity contribution in [1.29, 1.82) is 0 Å². The van der Waals surface area contributed by atoms with Gasteiger partial charge in [-0.1, -0.05) is 33.7 Å². The second kappa shape index (κ2) is 8.05. The molecule has 6 heteroatoms. The number of hydrogen-bond acceptors (Lipinski definition) is 4. The molecule has 1 aromatic rings. The minimum absolute atomic E-state index is 0.139. The maximum atomic E-state index is 10.4. The molecule has 4 nitrogen and oxygen atoms in total. The Balaban J connectivity index is 2.31. The van der Waals surface area contributed by atoms with Gasteiger partial charge in [-0.3, -0.25) is 9.59 Å². The molecule has 0 aromatic heterocycles. The number of rotatable bonds is 8. The van der Waals surface area contributed by atoms with Crippen molar-refractivity contribution in [3.8, 4) is 0 Å². The van der Waals surface area contributed by atoms with Gasteiger partial charge < -0.3 is 10.2 Å². The fourth-order valence-corrected chi connectivity index (χ4v) is 3.17. The second-order valence-electron chi connectivity index (χ2n) is 3.59. The van der Waals surface area contributed by atoms with Crippen LogP contribution in [0.1, 0.15) is 18.4 Å². The molecular formula is C12H14O4S2. The van der Waals surface area contributed by atoms with Gasteiger partial charge in [-0.05, 0) is 24.1 Å². The molecule has 0 aliphatic carbocycles. The van der Waals surface area contributed by atoms with Crippen LogP contribution in [0.2, 0.25) is 0 Å². The Morgan fingerprint density at radius 2 is 1.61 bits per heavy atom. The van der Waals surface area contributed by atoms with Crippen LogP contribution in [0.15, 0.2) is 29.2 Å². The van der Waals surface area contributed by atoms with E-state index >= 15 is 0 Å². The smallest absolute Gasteiger partial charge is 0.304 e. The van der Waals surface area contributed by atoms with Gasteiger partial charge in [0, 0.05) is 17.1 Å². The minimum Gasteiger partial charge on any atom is -0.481 e. The lowest BCUT2D eigenvalue weighted by molar-refractivity contribution is -0.137. The fraction of sp³-hybridized carbons (Fsp3) is 0.333. The summed E-state index contributed by atoms with van der Waals surface area (Å²) in [4.78, 5) is 21.8. The van der Waals surface area contributed by atoms with Gasteiger partial charge in [0.25, 0.3) is 0 Å². The molecule has 0 aliphatic heterocycles. The van der Waals surface area contributed by atoms with E-state index in [0.29, 0.717) is 12.2 Å². The summed E-state index contributed by atoms with van der Waals surface area (Å²) in [5.41, 5.74) is 0.997. The molecule has 0 heterocycles. The van der Waals surface area contributed by atoms with Crippen LogP contribution in [-0.4, -0.2) is 27.9 Å². The number of carbonyl (C=O) groups is 2. The zero-order valence-corrected chi connectivity index (χ0v) is 11.3. The average molecular weight is 286 g/mol. The SMILES string of the molecule is O=C(O)CCSSc1ccc(CCC(=O)O)cc1. The highest BCUT2D eigenvalue weighted by Crippen LogP contribution is 2.31. The maximum absolute atomic E-state index is 10.4. The maximum Gasteiger partial charge on any atom is 0.304 e. The van der Waals surface area contributed by atoms with E-state index in [0.717, 1.165) is 10.5 Å².